The van der Waals surface area contributed by atoms with Crippen LogP contribution in [-0.2, 0) is 9.53 Å². The van der Waals surface area contributed by atoms with Gasteiger partial charge in [-0.25, -0.2) is 4.98 Å². The number of hydrogen-bond donors (Lipinski definition) is 2. The summed E-state index contributed by atoms with van der Waals surface area (Å²) in [6, 6.07) is 16.1. The predicted octanol–water partition coefficient (Wildman–Crippen LogP) is 6.32. The van der Waals surface area contributed by atoms with Gasteiger partial charge >= 0.3 is 0 Å². The van der Waals surface area contributed by atoms with Gasteiger partial charge in [0.05, 0.1) is 22.9 Å². The van der Waals surface area contributed by atoms with Crippen molar-refractivity contribution in [3.8, 4) is 0 Å². The highest BCUT2D eigenvalue weighted by Crippen LogP contribution is 2.37. The van der Waals surface area contributed by atoms with E-state index in [4.69, 9.17) is 14.8 Å². The summed E-state index contributed by atoms with van der Waals surface area (Å²) in [5.74, 6) is 0.705. The number of hydrogen-bond acceptors (Lipinski definition) is 6. The molecule has 176 valence electrons. The summed E-state index contributed by atoms with van der Waals surface area (Å²) >= 11 is 0. The van der Waals surface area contributed by atoms with Crippen LogP contribution in [0.25, 0.3) is 21.7 Å². The average molecular weight is 458 g/mol. The number of fused-ring (bicyclic) bond motifs is 3. The fraction of sp³-hybridized carbons (Fsp3) is 0.393. The zero-order valence-corrected chi connectivity index (χ0v) is 19.8. The highest BCUT2D eigenvalue weighted by atomic mass is 16.5. The van der Waals surface area contributed by atoms with Crippen molar-refractivity contribution < 1.29 is 14.6 Å². The van der Waals surface area contributed by atoms with Gasteiger partial charge in [-0.1, -0.05) is 56.3 Å². The summed E-state index contributed by atoms with van der Waals surface area (Å²) in [5.41, 5.74) is 4.70. The molecule has 34 heavy (non-hydrogen) atoms. The number of ether oxygens (including phenoxy) is 1. The lowest BCUT2D eigenvalue weighted by atomic mass is 9.75. The third kappa shape index (κ3) is 4.55. The SMILES string of the molecule is CC1(C)CC(=O)C(C(CCC2CCCO2)=NNc2nc3ccccc3c3ccccc23)=C(O)C1. The summed E-state index contributed by atoms with van der Waals surface area (Å²) in [5, 5.41) is 18.7. The lowest BCUT2D eigenvalue weighted by Gasteiger charge is -2.30. The Morgan fingerprint density at radius 2 is 1.85 bits per heavy atom. The van der Waals surface area contributed by atoms with Gasteiger partial charge in [-0.3, -0.25) is 10.2 Å². The topological polar surface area (TPSA) is 83.8 Å². The van der Waals surface area contributed by atoms with Gasteiger partial charge in [0.15, 0.2) is 11.6 Å². The van der Waals surface area contributed by atoms with Crippen molar-refractivity contribution in [1.82, 2.24) is 4.98 Å². The van der Waals surface area contributed by atoms with Crippen LogP contribution in [0.1, 0.15) is 52.4 Å². The van der Waals surface area contributed by atoms with Gasteiger partial charge in [0.2, 0.25) is 0 Å². The number of nitrogens with one attached hydrogen (secondary N) is 1. The second-order valence-corrected chi connectivity index (χ2v) is 10.1. The van der Waals surface area contributed by atoms with Gasteiger partial charge in [-0.05, 0) is 42.6 Å². The van der Waals surface area contributed by atoms with Gasteiger partial charge in [-0.15, -0.1) is 0 Å². The fourth-order valence-corrected chi connectivity index (χ4v) is 5.13. The molecule has 1 fully saturated rings. The molecule has 0 saturated carbocycles. The van der Waals surface area contributed by atoms with Crippen molar-refractivity contribution in [3.05, 3.63) is 59.9 Å². The van der Waals surface area contributed by atoms with Crippen molar-refractivity contribution in [2.45, 2.75) is 58.5 Å². The molecule has 1 atom stereocenters. The molecule has 5 rings (SSSR count). The van der Waals surface area contributed by atoms with Crippen LogP contribution in [0, 0.1) is 5.41 Å². The molecule has 0 bridgehead atoms. The van der Waals surface area contributed by atoms with Gasteiger partial charge < -0.3 is 9.84 Å². The Balaban J connectivity index is 1.54. The van der Waals surface area contributed by atoms with Crippen LogP contribution in [0.4, 0.5) is 5.82 Å². The van der Waals surface area contributed by atoms with E-state index in [9.17, 15) is 9.90 Å². The fourth-order valence-electron chi connectivity index (χ4n) is 5.13. The lowest BCUT2D eigenvalue weighted by Crippen LogP contribution is -2.30. The molecule has 1 aliphatic carbocycles. The number of carbonyl (C=O) groups is 1. The van der Waals surface area contributed by atoms with E-state index < -0.39 is 0 Å². The van der Waals surface area contributed by atoms with E-state index in [1.165, 1.54) is 0 Å². The van der Waals surface area contributed by atoms with Crippen LogP contribution < -0.4 is 5.43 Å². The molecule has 2 aliphatic rings. The first kappa shape index (κ1) is 22.5. The molecule has 2 N–H and O–H groups in total. The van der Waals surface area contributed by atoms with Crippen molar-refractivity contribution in [2.24, 2.45) is 10.5 Å². The predicted molar refractivity (Wildman–Crippen MR) is 136 cm³/mol. The Kier molecular flexibility index (Phi) is 6.09. The number of Topliss-reactive ketones (excluding diaryl/α,β-unsaturated/α-hetero) is 1. The zero-order chi connectivity index (χ0) is 23.7. The number of pyridine rings is 1. The van der Waals surface area contributed by atoms with E-state index in [2.05, 4.69) is 17.6 Å². The summed E-state index contributed by atoms with van der Waals surface area (Å²) < 4.78 is 5.79. The highest BCUT2D eigenvalue weighted by Gasteiger charge is 2.35. The second-order valence-electron chi connectivity index (χ2n) is 10.1. The first-order chi connectivity index (χ1) is 16.4. The number of para-hydroxylation sites is 1. The van der Waals surface area contributed by atoms with Crippen molar-refractivity contribution in [1.29, 1.82) is 0 Å². The zero-order valence-electron chi connectivity index (χ0n) is 19.8. The molecule has 1 unspecified atom stereocenters. The lowest BCUT2D eigenvalue weighted by molar-refractivity contribution is -0.118. The van der Waals surface area contributed by atoms with Crippen LogP contribution in [-0.4, -0.2) is 34.3 Å². The Bertz CT molecular complexity index is 1300. The number of nitrogens with zero attached hydrogens (tertiary/aromatic N) is 2. The second kappa shape index (κ2) is 9.18. The monoisotopic (exact) mass is 457 g/mol. The maximum atomic E-state index is 13.1. The summed E-state index contributed by atoms with van der Waals surface area (Å²) in [6.07, 6.45) is 4.41. The van der Waals surface area contributed by atoms with E-state index in [0.29, 0.717) is 36.4 Å². The molecule has 1 aliphatic heterocycles. The number of aliphatic hydroxyl groups excluding tert-OH is 1. The van der Waals surface area contributed by atoms with E-state index in [1.807, 2.05) is 50.2 Å². The third-order valence-electron chi connectivity index (χ3n) is 6.77. The minimum absolute atomic E-state index is 0.0574. The first-order valence-corrected chi connectivity index (χ1v) is 12.1. The molecular formula is C28H31N3O3. The molecular weight excluding hydrogens is 426 g/mol. The normalized spacial score (nSPS) is 20.9. The largest absolute Gasteiger partial charge is 0.511 e. The summed E-state index contributed by atoms with van der Waals surface area (Å²) in [7, 11) is 0. The molecule has 2 heterocycles. The van der Waals surface area contributed by atoms with Gasteiger partial charge in [-0.2, -0.15) is 5.10 Å². The number of anilines is 1. The molecule has 6 nitrogen and oxygen atoms in total. The van der Waals surface area contributed by atoms with E-state index in [0.717, 1.165) is 47.5 Å². The number of carbonyl (C=O) groups excluding carboxylic acids is 1. The number of benzene rings is 2. The molecule has 1 aromatic heterocycles. The van der Waals surface area contributed by atoms with Crippen molar-refractivity contribution >= 4 is 39.0 Å². The Labute approximate surface area is 199 Å². The van der Waals surface area contributed by atoms with Crippen LogP contribution in [0.5, 0.6) is 0 Å². The van der Waals surface area contributed by atoms with E-state index in [1.54, 1.807) is 0 Å². The minimum atomic E-state index is -0.256. The van der Waals surface area contributed by atoms with Crippen LogP contribution in [0.2, 0.25) is 0 Å². The molecule has 3 aromatic rings. The number of ketones is 1. The van der Waals surface area contributed by atoms with Crippen molar-refractivity contribution in [2.75, 3.05) is 12.0 Å². The Hall–Kier alpha value is -3.25. The maximum absolute atomic E-state index is 13.1. The molecule has 0 spiro atoms. The number of hydrazone groups is 1. The standard InChI is InChI=1S/C28H31N3O3/c1-28(2)16-24(32)26(25(33)17-28)23(14-13-18-8-7-15-34-18)30-31-27-21-11-4-3-9-19(21)20-10-5-6-12-22(20)29-27/h3-6,9-12,18,32H,7-8,13-17H2,1-2H3,(H,29,31). The third-order valence-corrected chi connectivity index (χ3v) is 6.77. The maximum Gasteiger partial charge on any atom is 0.168 e. The Morgan fingerprint density at radius 1 is 1.12 bits per heavy atom. The molecule has 6 heteroatoms. The van der Waals surface area contributed by atoms with Crippen LogP contribution >= 0.6 is 0 Å². The van der Waals surface area contributed by atoms with Gasteiger partial charge in [0.1, 0.15) is 5.76 Å². The van der Waals surface area contributed by atoms with E-state index in [-0.39, 0.29) is 23.1 Å². The first-order valence-electron chi connectivity index (χ1n) is 12.1. The highest BCUT2D eigenvalue weighted by molar-refractivity contribution is 6.23. The quantitative estimate of drug-likeness (QED) is 0.257. The Morgan fingerprint density at radius 3 is 2.59 bits per heavy atom. The van der Waals surface area contributed by atoms with Gasteiger partial charge in [0.25, 0.3) is 0 Å². The van der Waals surface area contributed by atoms with E-state index >= 15 is 0 Å². The number of rotatable bonds is 6. The summed E-state index contributed by atoms with van der Waals surface area (Å²) in [4.78, 5) is 17.9. The average Bonchev–Trinajstić information content (AvgIpc) is 3.33. The van der Waals surface area contributed by atoms with Gasteiger partial charge in [0, 0.05) is 30.2 Å². The minimum Gasteiger partial charge on any atom is -0.511 e. The molecule has 0 radical (unpaired) electrons. The molecule has 0 amide bonds. The summed E-state index contributed by atoms with van der Waals surface area (Å²) in [6.45, 7) is 4.79. The molecule has 1 saturated heterocycles. The van der Waals surface area contributed by atoms with Crippen molar-refractivity contribution in [3.63, 3.8) is 0 Å². The van der Waals surface area contributed by atoms with Crippen LogP contribution in [0.15, 0.2) is 65.0 Å². The smallest absolute Gasteiger partial charge is 0.168 e. The number of aromatic nitrogens is 1. The van der Waals surface area contributed by atoms with Crippen LogP contribution in [0.3, 0.4) is 0 Å². The molecule has 2 aromatic carbocycles. The number of allylic oxidation sites excluding steroid dienone is 2. The number of aliphatic hydroxyl groups is 1.